The van der Waals surface area contributed by atoms with Crippen LogP contribution in [-0.4, -0.2) is 49.2 Å². The average molecular weight is 269 g/mol. The molecule has 1 N–H and O–H groups in total. The van der Waals surface area contributed by atoms with E-state index < -0.39 is 16.4 Å². The molecule has 6 nitrogen and oxygen atoms in total. The Morgan fingerprint density at radius 2 is 2.16 bits per heavy atom. The molecule has 1 fully saturated rings. The normalized spacial score (nSPS) is 16.3. The van der Waals surface area contributed by atoms with E-state index in [-0.39, 0.29) is 0 Å². The summed E-state index contributed by atoms with van der Waals surface area (Å²) in [5.41, 5.74) is -0.533. The van der Waals surface area contributed by atoms with E-state index in [1.807, 2.05) is 0 Å². The molecule has 0 spiro atoms. The van der Waals surface area contributed by atoms with Crippen LogP contribution in [0, 0.1) is 15.9 Å². The first kappa shape index (κ1) is 13.7. The molecule has 0 aliphatic carbocycles. The number of nitrogens with one attached hydrogen (secondary N) is 1. The van der Waals surface area contributed by atoms with E-state index >= 15 is 0 Å². The third-order valence-electron chi connectivity index (χ3n) is 3.00. The van der Waals surface area contributed by atoms with Crippen molar-refractivity contribution >= 4 is 5.69 Å². The van der Waals surface area contributed by atoms with Crippen LogP contribution in [0.2, 0.25) is 0 Å². The van der Waals surface area contributed by atoms with Crippen molar-refractivity contribution in [2.24, 2.45) is 0 Å². The number of benzene rings is 1. The van der Waals surface area contributed by atoms with E-state index in [0.29, 0.717) is 12.4 Å². The summed E-state index contributed by atoms with van der Waals surface area (Å²) >= 11 is 0. The van der Waals surface area contributed by atoms with Crippen LogP contribution in [0.25, 0.3) is 0 Å². The highest BCUT2D eigenvalue weighted by atomic mass is 19.1. The highest BCUT2D eigenvalue weighted by Gasteiger charge is 2.14. The van der Waals surface area contributed by atoms with Crippen molar-refractivity contribution in [1.29, 1.82) is 0 Å². The largest absolute Gasteiger partial charge is 0.492 e. The summed E-state index contributed by atoms with van der Waals surface area (Å²) in [4.78, 5) is 12.0. The topological polar surface area (TPSA) is 67.6 Å². The third kappa shape index (κ3) is 3.87. The van der Waals surface area contributed by atoms with Crippen LogP contribution in [-0.2, 0) is 0 Å². The predicted molar refractivity (Wildman–Crippen MR) is 67.9 cm³/mol. The summed E-state index contributed by atoms with van der Waals surface area (Å²) < 4.78 is 18.7. The Labute approximate surface area is 110 Å². The molecule has 2 rings (SSSR count). The number of halogens is 1. The maximum atomic E-state index is 13.3. The van der Waals surface area contributed by atoms with Crippen molar-refractivity contribution in [2.75, 3.05) is 39.3 Å². The van der Waals surface area contributed by atoms with Crippen LogP contribution < -0.4 is 10.1 Å². The van der Waals surface area contributed by atoms with Crippen LogP contribution in [0.4, 0.5) is 10.1 Å². The van der Waals surface area contributed by atoms with E-state index in [2.05, 4.69) is 10.2 Å². The summed E-state index contributed by atoms with van der Waals surface area (Å²) in [6, 6.07) is 3.59. The smallest absolute Gasteiger partial charge is 0.305 e. The van der Waals surface area contributed by atoms with Gasteiger partial charge in [-0.15, -0.1) is 0 Å². The van der Waals surface area contributed by atoms with Crippen molar-refractivity contribution in [3.05, 3.63) is 34.1 Å². The lowest BCUT2D eigenvalue weighted by atomic mass is 10.3. The Kier molecular flexibility index (Phi) is 4.64. The van der Waals surface area contributed by atoms with E-state index in [9.17, 15) is 14.5 Å². The number of hydrogen-bond donors (Lipinski definition) is 1. The molecule has 0 aromatic heterocycles. The summed E-state index contributed by atoms with van der Waals surface area (Å²) in [6.45, 7) is 5.08. The third-order valence-corrected chi connectivity index (χ3v) is 3.00. The first-order valence-electron chi connectivity index (χ1n) is 6.16. The van der Waals surface area contributed by atoms with Gasteiger partial charge in [0, 0.05) is 44.9 Å². The fourth-order valence-electron chi connectivity index (χ4n) is 1.95. The molecule has 0 amide bonds. The van der Waals surface area contributed by atoms with Crippen molar-refractivity contribution < 1.29 is 14.1 Å². The maximum Gasteiger partial charge on any atom is 0.305 e. The Balaban J connectivity index is 1.82. The van der Waals surface area contributed by atoms with Gasteiger partial charge in [-0.3, -0.25) is 15.0 Å². The average Bonchev–Trinajstić information content (AvgIpc) is 2.39. The van der Waals surface area contributed by atoms with Gasteiger partial charge in [0.2, 0.25) is 5.82 Å². The number of rotatable bonds is 5. The molecule has 1 aromatic carbocycles. The number of nitrogens with zero attached hydrogens (tertiary/aromatic N) is 2. The fourth-order valence-corrected chi connectivity index (χ4v) is 1.95. The van der Waals surface area contributed by atoms with Crippen molar-refractivity contribution in [1.82, 2.24) is 10.2 Å². The number of nitro groups is 1. The molecule has 1 aromatic rings. The summed E-state index contributed by atoms with van der Waals surface area (Å²) in [5.74, 6) is -0.553. The van der Waals surface area contributed by atoms with E-state index in [1.165, 1.54) is 6.07 Å². The van der Waals surface area contributed by atoms with Crippen LogP contribution in [0.1, 0.15) is 0 Å². The van der Waals surface area contributed by atoms with Crippen molar-refractivity contribution in [3.8, 4) is 5.75 Å². The van der Waals surface area contributed by atoms with Gasteiger partial charge in [0.25, 0.3) is 0 Å². The molecular weight excluding hydrogens is 253 g/mol. The molecule has 0 saturated carbocycles. The van der Waals surface area contributed by atoms with Gasteiger partial charge >= 0.3 is 5.69 Å². The minimum atomic E-state index is -0.871. The zero-order valence-electron chi connectivity index (χ0n) is 10.5. The molecule has 1 heterocycles. The summed E-state index contributed by atoms with van der Waals surface area (Å²) in [5, 5.41) is 13.7. The minimum absolute atomic E-state index is 0.318. The first-order chi connectivity index (χ1) is 9.16. The van der Waals surface area contributed by atoms with Gasteiger partial charge in [-0.2, -0.15) is 4.39 Å². The molecule has 1 saturated heterocycles. The van der Waals surface area contributed by atoms with Gasteiger partial charge in [0.15, 0.2) is 0 Å². The molecular formula is C12H16FN3O3. The highest BCUT2D eigenvalue weighted by molar-refractivity contribution is 5.37. The van der Waals surface area contributed by atoms with Crippen LogP contribution in [0.15, 0.2) is 18.2 Å². The lowest BCUT2D eigenvalue weighted by Gasteiger charge is -2.26. The molecule has 0 bridgehead atoms. The number of hydrogen-bond acceptors (Lipinski definition) is 5. The number of nitro benzene ring substituents is 1. The van der Waals surface area contributed by atoms with E-state index in [1.54, 1.807) is 0 Å². The van der Waals surface area contributed by atoms with Gasteiger partial charge in [-0.25, -0.2) is 0 Å². The van der Waals surface area contributed by atoms with Gasteiger partial charge < -0.3 is 10.1 Å². The zero-order chi connectivity index (χ0) is 13.7. The number of ether oxygens (including phenoxy) is 1. The van der Waals surface area contributed by atoms with Crippen LogP contribution in [0.3, 0.4) is 0 Å². The van der Waals surface area contributed by atoms with Crippen LogP contribution >= 0.6 is 0 Å². The molecule has 7 heteroatoms. The monoisotopic (exact) mass is 269 g/mol. The lowest BCUT2D eigenvalue weighted by Crippen LogP contribution is -2.44. The SMILES string of the molecule is O=[N+]([O-])c1ccc(OCCN2CCNCC2)cc1F. The molecule has 0 atom stereocenters. The maximum absolute atomic E-state index is 13.3. The lowest BCUT2D eigenvalue weighted by molar-refractivity contribution is -0.387. The first-order valence-corrected chi connectivity index (χ1v) is 6.16. The molecule has 1 aliphatic heterocycles. The fraction of sp³-hybridized carbons (Fsp3) is 0.500. The second-order valence-electron chi connectivity index (χ2n) is 4.31. The van der Waals surface area contributed by atoms with Crippen molar-refractivity contribution in [2.45, 2.75) is 0 Å². The second kappa shape index (κ2) is 6.44. The molecule has 1 aliphatic rings. The van der Waals surface area contributed by atoms with Gasteiger partial charge in [0.05, 0.1) is 4.92 Å². The van der Waals surface area contributed by atoms with Gasteiger partial charge in [-0.05, 0) is 6.07 Å². The Morgan fingerprint density at radius 1 is 1.42 bits per heavy atom. The summed E-state index contributed by atoms with van der Waals surface area (Å²) in [6.07, 6.45) is 0. The summed E-state index contributed by atoms with van der Waals surface area (Å²) in [7, 11) is 0. The number of piperazine rings is 1. The predicted octanol–water partition coefficient (Wildman–Crippen LogP) is 1.02. The van der Waals surface area contributed by atoms with E-state index in [4.69, 9.17) is 4.74 Å². The second-order valence-corrected chi connectivity index (χ2v) is 4.31. The minimum Gasteiger partial charge on any atom is -0.492 e. The quantitative estimate of drug-likeness (QED) is 0.638. The van der Waals surface area contributed by atoms with Gasteiger partial charge in [-0.1, -0.05) is 0 Å². The Morgan fingerprint density at radius 3 is 2.79 bits per heavy atom. The molecule has 104 valence electrons. The van der Waals surface area contributed by atoms with Crippen LogP contribution in [0.5, 0.6) is 5.75 Å². The highest BCUT2D eigenvalue weighted by Crippen LogP contribution is 2.22. The zero-order valence-corrected chi connectivity index (χ0v) is 10.5. The standard InChI is InChI=1S/C12H16FN3O3/c13-11-9-10(1-2-12(11)16(17)18)19-8-7-15-5-3-14-4-6-15/h1-2,9,14H,3-8H2. The Hall–Kier alpha value is -1.73. The molecule has 0 unspecified atom stereocenters. The molecule has 19 heavy (non-hydrogen) atoms. The van der Waals surface area contributed by atoms with Crippen molar-refractivity contribution in [3.63, 3.8) is 0 Å². The van der Waals surface area contributed by atoms with Gasteiger partial charge in [0.1, 0.15) is 12.4 Å². The van der Waals surface area contributed by atoms with E-state index in [0.717, 1.165) is 44.9 Å². The Bertz CT molecular complexity index is 450. The molecule has 0 radical (unpaired) electrons.